The van der Waals surface area contributed by atoms with Crippen molar-refractivity contribution in [2.45, 2.75) is 6.42 Å². The van der Waals surface area contributed by atoms with Crippen LogP contribution in [0.25, 0.3) is 43.8 Å². The number of rotatable bonds is 1. The van der Waals surface area contributed by atoms with Crippen LogP contribution in [0.15, 0.2) is 97.1 Å². The molecule has 0 unspecified atom stereocenters. The van der Waals surface area contributed by atoms with Gasteiger partial charge in [0.25, 0.3) is 0 Å². The predicted octanol–water partition coefficient (Wildman–Crippen LogP) is 7.23. The molecule has 5 aromatic rings. The smallest absolute Gasteiger partial charge is 0.00134 e. The van der Waals surface area contributed by atoms with Crippen LogP contribution in [-0.4, -0.2) is 0 Å². The second kappa shape index (κ2) is 5.56. The molecule has 0 nitrogen and oxygen atoms in total. The molecule has 0 heterocycles. The molecule has 0 spiro atoms. The highest BCUT2D eigenvalue weighted by molar-refractivity contribution is 6.13. The third-order valence-electron chi connectivity index (χ3n) is 5.88. The van der Waals surface area contributed by atoms with E-state index in [4.69, 9.17) is 0 Å². The Kier molecular flexibility index (Phi) is 3.04. The Morgan fingerprint density at radius 2 is 1.15 bits per heavy atom. The zero-order valence-electron chi connectivity index (χ0n) is 14.9. The maximum atomic E-state index is 2.39. The second-order valence-electron chi connectivity index (χ2n) is 7.40. The fourth-order valence-corrected chi connectivity index (χ4v) is 4.58. The van der Waals surface area contributed by atoms with Gasteiger partial charge in [0.1, 0.15) is 0 Å². The van der Waals surface area contributed by atoms with E-state index in [0.29, 0.717) is 0 Å². The van der Waals surface area contributed by atoms with E-state index in [1.807, 2.05) is 0 Å². The van der Waals surface area contributed by atoms with E-state index in [-0.39, 0.29) is 0 Å². The first kappa shape index (κ1) is 14.8. The molecule has 0 amide bonds. The average molecular weight is 342 g/mol. The van der Waals surface area contributed by atoms with Gasteiger partial charge in [0.05, 0.1) is 0 Å². The van der Waals surface area contributed by atoms with E-state index in [1.54, 1.807) is 0 Å². The lowest BCUT2D eigenvalue weighted by Gasteiger charge is -2.12. The molecule has 1 aliphatic rings. The molecule has 0 aromatic heterocycles. The van der Waals surface area contributed by atoms with E-state index in [0.717, 1.165) is 6.42 Å². The maximum absolute atomic E-state index is 2.39. The van der Waals surface area contributed by atoms with Crippen LogP contribution in [0.3, 0.4) is 0 Å². The van der Waals surface area contributed by atoms with Crippen LogP contribution < -0.4 is 0 Å². The summed E-state index contributed by atoms with van der Waals surface area (Å²) >= 11 is 0. The molecule has 0 saturated heterocycles. The summed E-state index contributed by atoms with van der Waals surface area (Å²) in [6, 6.07) is 35.6. The van der Waals surface area contributed by atoms with Crippen molar-refractivity contribution in [1.29, 1.82) is 0 Å². The number of fused-ring (bicyclic) bond motifs is 6. The van der Waals surface area contributed by atoms with Gasteiger partial charge in [0, 0.05) is 0 Å². The zero-order valence-corrected chi connectivity index (χ0v) is 14.9. The van der Waals surface area contributed by atoms with Gasteiger partial charge in [-0.05, 0) is 73.5 Å². The van der Waals surface area contributed by atoms with Gasteiger partial charge in [0.2, 0.25) is 0 Å². The van der Waals surface area contributed by atoms with E-state index < -0.39 is 0 Å². The minimum absolute atomic E-state index is 1.05. The minimum atomic E-state index is 1.05. The molecule has 27 heavy (non-hydrogen) atoms. The number of benzene rings is 5. The van der Waals surface area contributed by atoms with Crippen molar-refractivity contribution in [2.75, 3.05) is 0 Å². The highest BCUT2D eigenvalue weighted by atomic mass is 14.2. The Morgan fingerprint density at radius 3 is 2.07 bits per heavy atom. The van der Waals surface area contributed by atoms with Gasteiger partial charge in [-0.15, -0.1) is 0 Å². The van der Waals surface area contributed by atoms with Crippen molar-refractivity contribution >= 4 is 21.5 Å². The first-order valence-corrected chi connectivity index (χ1v) is 9.50. The molecule has 0 fully saturated rings. The van der Waals surface area contributed by atoms with Crippen LogP contribution in [0.2, 0.25) is 0 Å². The van der Waals surface area contributed by atoms with Crippen molar-refractivity contribution < 1.29 is 0 Å². The third-order valence-corrected chi connectivity index (χ3v) is 5.88. The molecule has 0 bridgehead atoms. The summed E-state index contributed by atoms with van der Waals surface area (Å²) in [5, 5.41) is 5.27. The topological polar surface area (TPSA) is 0 Å². The van der Waals surface area contributed by atoms with Crippen molar-refractivity contribution in [3.8, 4) is 22.3 Å². The van der Waals surface area contributed by atoms with Gasteiger partial charge in [-0.1, -0.05) is 84.9 Å². The van der Waals surface area contributed by atoms with Crippen molar-refractivity contribution in [3.63, 3.8) is 0 Å². The van der Waals surface area contributed by atoms with Crippen LogP contribution >= 0.6 is 0 Å². The summed E-state index contributed by atoms with van der Waals surface area (Å²) in [7, 11) is 0. The van der Waals surface area contributed by atoms with Gasteiger partial charge in [-0.2, -0.15) is 0 Å². The van der Waals surface area contributed by atoms with Gasteiger partial charge in [-0.3, -0.25) is 0 Å². The fourth-order valence-electron chi connectivity index (χ4n) is 4.58. The molecule has 0 atom stereocenters. The Morgan fingerprint density at radius 1 is 0.444 bits per heavy atom. The Balaban J connectivity index is 1.65. The molecular formula is C27H18. The lowest BCUT2D eigenvalue weighted by Crippen LogP contribution is -1.86. The summed E-state index contributed by atoms with van der Waals surface area (Å²) in [6.45, 7) is 0. The highest BCUT2D eigenvalue weighted by Gasteiger charge is 2.19. The van der Waals surface area contributed by atoms with Crippen molar-refractivity contribution in [3.05, 3.63) is 108 Å². The lowest BCUT2D eigenvalue weighted by molar-refractivity contribution is 1.26. The van der Waals surface area contributed by atoms with Crippen LogP contribution in [0.5, 0.6) is 0 Å². The van der Waals surface area contributed by atoms with Crippen molar-refractivity contribution in [2.24, 2.45) is 0 Å². The van der Waals surface area contributed by atoms with Crippen LogP contribution in [0, 0.1) is 0 Å². The molecule has 6 rings (SSSR count). The summed E-state index contributed by atoms with van der Waals surface area (Å²) in [6.07, 6.45) is 1.05. The number of hydrogen-bond acceptors (Lipinski definition) is 0. The monoisotopic (exact) mass is 342 g/mol. The van der Waals surface area contributed by atoms with Gasteiger partial charge >= 0.3 is 0 Å². The predicted molar refractivity (Wildman–Crippen MR) is 115 cm³/mol. The summed E-state index contributed by atoms with van der Waals surface area (Å²) in [4.78, 5) is 0. The van der Waals surface area contributed by atoms with E-state index in [2.05, 4.69) is 97.1 Å². The molecular weight excluding hydrogens is 324 g/mol. The molecule has 0 N–H and O–H groups in total. The molecule has 0 heteroatoms. The normalized spacial score (nSPS) is 12.3. The van der Waals surface area contributed by atoms with E-state index in [1.165, 1.54) is 54.9 Å². The zero-order chi connectivity index (χ0) is 17.8. The van der Waals surface area contributed by atoms with Crippen LogP contribution in [0.1, 0.15) is 11.1 Å². The quantitative estimate of drug-likeness (QED) is 0.276. The Labute approximate surface area is 158 Å². The maximum Gasteiger partial charge on any atom is -0.00134 e. The molecule has 5 aromatic carbocycles. The number of hydrogen-bond donors (Lipinski definition) is 0. The third kappa shape index (κ3) is 2.17. The molecule has 0 saturated carbocycles. The molecule has 0 aliphatic heterocycles. The summed E-state index contributed by atoms with van der Waals surface area (Å²) in [5.74, 6) is 0. The lowest BCUT2D eigenvalue weighted by atomic mass is 9.91. The fraction of sp³-hybridized carbons (Fsp3) is 0.0370. The average Bonchev–Trinajstić information content (AvgIpc) is 3.11. The van der Waals surface area contributed by atoms with E-state index in [9.17, 15) is 0 Å². The Bertz CT molecular complexity index is 1340. The van der Waals surface area contributed by atoms with Gasteiger partial charge in [-0.25, -0.2) is 0 Å². The molecule has 126 valence electrons. The van der Waals surface area contributed by atoms with E-state index >= 15 is 0 Å². The van der Waals surface area contributed by atoms with Crippen LogP contribution in [0.4, 0.5) is 0 Å². The summed E-state index contributed by atoms with van der Waals surface area (Å²) in [5.41, 5.74) is 8.27. The van der Waals surface area contributed by atoms with Crippen molar-refractivity contribution in [1.82, 2.24) is 0 Å². The standard InChI is InChI=1S/C27H18/c1-4-10-23-18(7-1)15-20-13-14-21(17-26(20)23)27-16-19-8-2-3-9-22(19)24-11-5-6-12-25(24)27/h1-14,16-17H,15H2. The second-order valence-corrected chi connectivity index (χ2v) is 7.40. The van der Waals surface area contributed by atoms with Gasteiger partial charge in [0.15, 0.2) is 0 Å². The summed E-state index contributed by atoms with van der Waals surface area (Å²) < 4.78 is 0. The first-order chi connectivity index (χ1) is 13.4. The molecule has 1 aliphatic carbocycles. The Hall–Kier alpha value is -3.38. The minimum Gasteiger partial charge on any atom is -0.0619 e. The first-order valence-electron chi connectivity index (χ1n) is 9.50. The largest absolute Gasteiger partial charge is 0.0619 e. The SMILES string of the molecule is c1ccc2c(c1)Cc1ccc(-c3cc4ccccc4c4ccccc34)cc1-2. The van der Waals surface area contributed by atoms with Gasteiger partial charge < -0.3 is 0 Å². The molecule has 0 radical (unpaired) electrons. The van der Waals surface area contributed by atoms with Crippen LogP contribution in [-0.2, 0) is 6.42 Å². The highest BCUT2D eigenvalue weighted by Crippen LogP contribution is 2.41.